The van der Waals surface area contributed by atoms with Gasteiger partial charge in [0, 0.05) is 24.9 Å². The largest absolute Gasteiger partial charge is 0.382 e. The molecule has 0 aromatic carbocycles. The average Bonchev–Trinajstić information content (AvgIpc) is 2.53. The molecule has 1 N–H and O–H groups in total. The third kappa shape index (κ3) is 2.83. The number of aryl methyl sites for hydroxylation is 1. The summed E-state index contributed by atoms with van der Waals surface area (Å²) in [5, 5.41) is 7.92. The molecule has 4 nitrogen and oxygen atoms in total. The quantitative estimate of drug-likeness (QED) is 0.802. The van der Waals surface area contributed by atoms with Crippen LogP contribution in [0.25, 0.3) is 0 Å². The normalized spacial score (nSPS) is 13.1. The van der Waals surface area contributed by atoms with Gasteiger partial charge in [0.2, 0.25) is 0 Å². The summed E-state index contributed by atoms with van der Waals surface area (Å²) in [7, 11) is 1.72. The SMILES string of the molecule is CCNCc1c(C)nn(C(C)COC)c1C. The Balaban J connectivity index is 2.87. The molecule has 1 aromatic rings. The molecule has 4 heteroatoms. The zero-order valence-electron chi connectivity index (χ0n) is 11.0. The molecule has 0 aliphatic carbocycles. The van der Waals surface area contributed by atoms with E-state index in [9.17, 15) is 0 Å². The van der Waals surface area contributed by atoms with Crippen molar-refractivity contribution in [3.63, 3.8) is 0 Å². The Morgan fingerprint density at radius 2 is 2.12 bits per heavy atom. The van der Waals surface area contributed by atoms with Gasteiger partial charge in [-0.1, -0.05) is 6.92 Å². The van der Waals surface area contributed by atoms with E-state index in [2.05, 4.69) is 42.8 Å². The van der Waals surface area contributed by atoms with E-state index in [1.165, 1.54) is 11.3 Å². The number of hydrogen-bond donors (Lipinski definition) is 1. The maximum absolute atomic E-state index is 5.17. The predicted molar refractivity (Wildman–Crippen MR) is 65.7 cm³/mol. The van der Waals surface area contributed by atoms with Gasteiger partial charge in [-0.25, -0.2) is 0 Å². The minimum absolute atomic E-state index is 0.291. The van der Waals surface area contributed by atoms with E-state index in [-0.39, 0.29) is 0 Å². The monoisotopic (exact) mass is 225 g/mol. The van der Waals surface area contributed by atoms with Crippen molar-refractivity contribution in [3.05, 3.63) is 17.0 Å². The standard InChI is InChI=1S/C12H23N3O/c1-6-13-7-12-10(3)14-15(11(12)4)9(2)8-16-5/h9,13H,6-8H2,1-5H3. The van der Waals surface area contributed by atoms with Crippen molar-refractivity contribution in [1.82, 2.24) is 15.1 Å². The zero-order valence-corrected chi connectivity index (χ0v) is 11.0. The number of nitrogens with one attached hydrogen (secondary N) is 1. The van der Waals surface area contributed by atoms with Crippen molar-refractivity contribution in [3.8, 4) is 0 Å². The second-order valence-corrected chi connectivity index (χ2v) is 4.18. The third-order valence-corrected chi connectivity index (χ3v) is 2.85. The lowest BCUT2D eigenvalue weighted by atomic mass is 10.2. The topological polar surface area (TPSA) is 39.1 Å². The molecule has 0 aliphatic rings. The number of rotatable bonds is 6. The lowest BCUT2D eigenvalue weighted by Gasteiger charge is -2.13. The van der Waals surface area contributed by atoms with Crippen molar-refractivity contribution in [2.24, 2.45) is 0 Å². The van der Waals surface area contributed by atoms with E-state index in [0.29, 0.717) is 12.6 Å². The number of hydrogen-bond acceptors (Lipinski definition) is 3. The molecule has 0 saturated carbocycles. The zero-order chi connectivity index (χ0) is 12.1. The first-order chi connectivity index (χ1) is 7.61. The van der Waals surface area contributed by atoms with Crippen LogP contribution in [-0.2, 0) is 11.3 Å². The summed E-state index contributed by atoms with van der Waals surface area (Å²) < 4.78 is 7.23. The lowest BCUT2D eigenvalue weighted by Crippen LogP contribution is -2.15. The van der Waals surface area contributed by atoms with Crippen LogP contribution in [0.4, 0.5) is 0 Å². The van der Waals surface area contributed by atoms with Crippen LogP contribution in [0.15, 0.2) is 0 Å². The molecule has 92 valence electrons. The van der Waals surface area contributed by atoms with Crippen LogP contribution in [-0.4, -0.2) is 30.0 Å². The van der Waals surface area contributed by atoms with Gasteiger partial charge in [0.05, 0.1) is 18.3 Å². The molecule has 0 saturated heterocycles. The molecule has 0 fully saturated rings. The second kappa shape index (κ2) is 6.01. The summed E-state index contributed by atoms with van der Waals surface area (Å²) in [5.74, 6) is 0. The smallest absolute Gasteiger partial charge is 0.0727 e. The summed E-state index contributed by atoms with van der Waals surface area (Å²) >= 11 is 0. The molecule has 0 bridgehead atoms. The van der Waals surface area contributed by atoms with Gasteiger partial charge < -0.3 is 10.1 Å². The van der Waals surface area contributed by atoms with E-state index in [1.54, 1.807) is 7.11 Å². The first-order valence-corrected chi connectivity index (χ1v) is 5.86. The van der Waals surface area contributed by atoms with Crippen molar-refractivity contribution < 1.29 is 4.74 Å². The Morgan fingerprint density at radius 1 is 1.44 bits per heavy atom. The van der Waals surface area contributed by atoms with E-state index in [4.69, 9.17) is 4.74 Å². The number of aromatic nitrogens is 2. The van der Waals surface area contributed by atoms with Crippen LogP contribution in [0.5, 0.6) is 0 Å². The van der Waals surface area contributed by atoms with E-state index in [1.807, 2.05) is 0 Å². The molecule has 0 aliphatic heterocycles. The number of ether oxygens (including phenoxy) is 1. The third-order valence-electron chi connectivity index (χ3n) is 2.85. The minimum atomic E-state index is 0.291. The van der Waals surface area contributed by atoms with Crippen LogP contribution in [0.3, 0.4) is 0 Å². The molecular weight excluding hydrogens is 202 g/mol. The maximum atomic E-state index is 5.17. The van der Waals surface area contributed by atoms with Crippen LogP contribution < -0.4 is 5.32 Å². The fourth-order valence-electron chi connectivity index (χ4n) is 1.94. The Hall–Kier alpha value is -0.870. The summed E-state index contributed by atoms with van der Waals surface area (Å²) in [5.41, 5.74) is 3.66. The Morgan fingerprint density at radius 3 is 2.69 bits per heavy atom. The Bertz CT molecular complexity index is 333. The Kier molecular flexibility index (Phi) is 4.96. The second-order valence-electron chi connectivity index (χ2n) is 4.18. The first-order valence-electron chi connectivity index (χ1n) is 5.86. The van der Waals surface area contributed by atoms with Gasteiger partial charge in [0.15, 0.2) is 0 Å². The maximum Gasteiger partial charge on any atom is 0.0727 e. The fourth-order valence-corrected chi connectivity index (χ4v) is 1.94. The van der Waals surface area contributed by atoms with Gasteiger partial charge in [0.25, 0.3) is 0 Å². The van der Waals surface area contributed by atoms with Crippen LogP contribution in [0.2, 0.25) is 0 Å². The molecule has 16 heavy (non-hydrogen) atoms. The summed E-state index contributed by atoms with van der Waals surface area (Å²) in [6.07, 6.45) is 0. The van der Waals surface area contributed by atoms with E-state index in [0.717, 1.165) is 18.8 Å². The van der Waals surface area contributed by atoms with Crippen molar-refractivity contribution >= 4 is 0 Å². The highest BCUT2D eigenvalue weighted by Crippen LogP contribution is 2.17. The predicted octanol–water partition coefficient (Wildman–Crippen LogP) is 1.82. The van der Waals surface area contributed by atoms with Crippen molar-refractivity contribution in [1.29, 1.82) is 0 Å². The molecule has 1 rings (SSSR count). The highest BCUT2D eigenvalue weighted by atomic mass is 16.5. The van der Waals surface area contributed by atoms with Crippen molar-refractivity contribution in [2.45, 2.75) is 40.3 Å². The van der Waals surface area contributed by atoms with Gasteiger partial charge in [0.1, 0.15) is 0 Å². The average molecular weight is 225 g/mol. The molecule has 0 spiro atoms. The highest BCUT2D eigenvalue weighted by Gasteiger charge is 2.14. The first kappa shape index (κ1) is 13.2. The van der Waals surface area contributed by atoms with E-state index >= 15 is 0 Å². The van der Waals surface area contributed by atoms with Gasteiger partial charge in [-0.05, 0) is 27.3 Å². The number of nitrogens with zero attached hydrogens (tertiary/aromatic N) is 2. The fraction of sp³-hybridized carbons (Fsp3) is 0.750. The summed E-state index contributed by atoms with van der Waals surface area (Å²) in [6, 6.07) is 0.291. The van der Waals surface area contributed by atoms with Gasteiger partial charge >= 0.3 is 0 Å². The molecule has 0 amide bonds. The molecular formula is C12H23N3O. The van der Waals surface area contributed by atoms with E-state index < -0.39 is 0 Å². The number of methoxy groups -OCH3 is 1. The summed E-state index contributed by atoms with van der Waals surface area (Å²) in [6.45, 7) is 11.0. The summed E-state index contributed by atoms with van der Waals surface area (Å²) in [4.78, 5) is 0. The van der Waals surface area contributed by atoms with Crippen LogP contribution in [0, 0.1) is 13.8 Å². The highest BCUT2D eigenvalue weighted by molar-refractivity contribution is 5.24. The van der Waals surface area contributed by atoms with Crippen LogP contribution in [0.1, 0.15) is 36.8 Å². The minimum Gasteiger partial charge on any atom is -0.382 e. The molecule has 1 atom stereocenters. The molecule has 1 unspecified atom stereocenters. The molecule has 0 radical (unpaired) electrons. The van der Waals surface area contributed by atoms with Gasteiger partial charge in [-0.3, -0.25) is 4.68 Å². The van der Waals surface area contributed by atoms with Gasteiger partial charge in [-0.2, -0.15) is 5.10 Å². The van der Waals surface area contributed by atoms with Crippen molar-refractivity contribution in [2.75, 3.05) is 20.3 Å². The van der Waals surface area contributed by atoms with Crippen LogP contribution >= 0.6 is 0 Å². The van der Waals surface area contributed by atoms with Gasteiger partial charge in [-0.15, -0.1) is 0 Å². The molecule has 1 heterocycles. The lowest BCUT2D eigenvalue weighted by molar-refractivity contribution is 0.156. The Labute approximate surface area is 98.0 Å². The molecule has 1 aromatic heterocycles.